The Labute approximate surface area is 182 Å². The van der Waals surface area contributed by atoms with E-state index in [0.29, 0.717) is 11.6 Å². The largest absolute Gasteiger partial charge is 0.381 e. The molecule has 0 spiro atoms. The first-order valence-corrected chi connectivity index (χ1v) is 10.9. The standard InChI is InChI=1S/C25H30N4O2/c1-16(30)22-14-26-23-10-6-18(19-7-11-24(31)27-13-19)12-21(23)25(22)28-20-8-4-17(5-9-20)15-29(2)3/h6-7,10-14,17,20H,4-5,8-9,15H2,1-3H3,(H,26,28)(H,27,31). The number of hydrogen-bond acceptors (Lipinski definition) is 5. The van der Waals surface area contributed by atoms with Crippen LogP contribution < -0.4 is 10.9 Å². The lowest BCUT2D eigenvalue weighted by Crippen LogP contribution is -2.31. The summed E-state index contributed by atoms with van der Waals surface area (Å²) < 4.78 is 0. The highest BCUT2D eigenvalue weighted by atomic mass is 16.1. The van der Waals surface area contributed by atoms with Crippen molar-refractivity contribution < 1.29 is 4.79 Å². The maximum absolute atomic E-state index is 12.4. The minimum absolute atomic E-state index is 0.00707. The Kier molecular flexibility index (Phi) is 6.18. The second-order valence-corrected chi connectivity index (χ2v) is 8.90. The molecule has 6 heteroatoms. The van der Waals surface area contributed by atoms with E-state index in [1.54, 1.807) is 25.4 Å². The zero-order valence-electron chi connectivity index (χ0n) is 18.4. The molecule has 2 aromatic heterocycles. The minimum Gasteiger partial charge on any atom is -0.381 e. The van der Waals surface area contributed by atoms with Crippen LogP contribution in [-0.4, -0.2) is 47.3 Å². The summed E-state index contributed by atoms with van der Waals surface area (Å²) in [7, 11) is 4.26. The maximum Gasteiger partial charge on any atom is 0.247 e. The van der Waals surface area contributed by atoms with Gasteiger partial charge in [-0.3, -0.25) is 14.6 Å². The summed E-state index contributed by atoms with van der Waals surface area (Å²) in [4.78, 5) is 33.3. The number of pyridine rings is 2. The van der Waals surface area contributed by atoms with Crippen molar-refractivity contribution in [3.05, 3.63) is 58.6 Å². The van der Waals surface area contributed by atoms with Crippen molar-refractivity contribution in [3.8, 4) is 11.1 Å². The molecule has 0 saturated heterocycles. The number of hydrogen-bond donors (Lipinski definition) is 2. The number of benzene rings is 1. The van der Waals surface area contributed by atoms with Crippen LogP contribution in [0.1, 0.15) is 43.0 Å². The lowest BCUT2D eigenvalue weighted by molar-refractivity contribution is 0.101. The molecule has 0 aliphatic heterocycles. The Hall–Kier alpha value is -2.99. The number of nitrogens with one attached hydrogen (secondary N) is 2. The number of aromatic nitrogens is 2. The second-order valence-electron chi connectivity index (χ2n) is 8.90. The molecule has 1 fully saturated rings. The Morgan fingerprint density at radius 1 is 1.13 bits per heavy atom. The van der Waals surface area contributed by atoms with Gasteiger partial charge < -0.3 is 15.2 Å². The third-order valence-electron chi connectivity index (χ3n) is 6.18. The van der Waals surface area contributed by atoms with Gasteiger partial charge in [-0.05, 0) is 81.9 Å². The van der Waals surface area contributed by atoms with E-state index in [2.05, 4.69) is 40.3 Å². The molecular formula is C25H30N4O2. The van der Waals surface area contributed by atoms with E-state index in [-0.39, 0.29) is 11.3 Å². The second kappa shape index (κ2) is 9.02. The molecule has 0 unspecified atom stereocenters. The molecule has 1 saturated carbocycles. The molecule has 6 nitrogen and oxygen atoms in total. The van der Waals surface area contributed by atoms with E-state index in [1.807, 2.05) is 12.1 Å². The molecule has 31 heavy (non-hydrogen) atoms. The van der Waals surface area contributed by atoms with Gasteiger partial charge in [0.2, 0.25) is 5.56 Å². The fraction of sp³-hybridized carbons (Fsp3) is 0.400. The van der Waals surface area contributed by atoms with Gasteiger partial charge in [-0.2, -0.15) is 0 Å². The van der Waals surface area contributed by atoms with Crippen molar-refractivity contribution in [2.75, 3.05) is 26.0 Å². The lowest BCUT2D eigenvalue weighted by Gasteiger charge is -2.32. The molecule has 0 bridgehead atoms. The Bertz CT molecular complexity index is 1120. The van der Waals surface area contributed by atoms with Crippen molar-refractivity contribution in [1.82, 2.24) is 14.9 Å². The first-order valence-electron chi connectivity index (χ1n) is 10.9. The predicted octanol–water partition coefficient (Wildman–Crippen LogP) is 4.33. The highest BCUT2D eigenvalue weighted by Gasteiger charge is 2.23. The summed E-state index contributed by atoms with van der Waals surface area (Å²) in [6, 6.07) is 9.70. The van der Waals surface area contributed by atoms with Crippen LogP contribution in [0.25, 0.3) is 22.0 Å². The molecule has 3 aromatic rings. The quantitative estimate of drug-likeness (QED) is 0.583. The highest BCUT2D eigenvalue weighted by Crippen LogP contribution is 2.34. The average molecular weight is 419 g/mol. The minimum atomic E-state index is -0.128. The van der Waals surface area contributed by atoms with Crippen LogP contribution in [0.2, 0.25) is 0 Å². The van der Waals surface area contributed by atoms with E-state index in [4.69, 9.17) is 0 Å². The van der Waals surface area contributed by atoms with Gasteiger partial charge in [0.25, 0.3) is 0 Å². The number of carbonyl (C=O) groups is 1. The predicted molar refractivity (Wildman–Crippen MR) is 126 cm³/mol. The molecule has 2 heterocycles. The van der Waals surface area contributed by atoms with Crippen LogP contribution in [0, 0.1) is 5.92 Å². The Morgan fingerprint density at radius 2 is 1.87 bits per heavy atom. The van der Waals surface area contributed by atoms with Crippen molar-refractivity contribution in [2.24, 2.45) is 5.92 Å². The van der Waals surface area contributed by atoms with Crippen LogP contribution in [0.15, 0.2) is 47.5 Å². The molecule has 1 aliphatic rings. The van der Waals surface area contributed by atoms with Crippen molar-refractivity contribution in [1.29, 1.82) is 0 Å². The van der Waals surface area contributed by atoms with Gasteiger partial charge in [-0.1, -0.05) is 6.07 Å². The van der Waals surface area contributed by atoms with Gasteiger partial charge in [-0.15, -0.1) is 0 Å². The molecule has 0 amide bonds. The topological polar surface area (TPSA) is 78.1 Å². The van der Waals surface area contributed by atoms with Crippen LogP contribution >= 0.6 is 0 Å². The Morgan fingerprint density at radius 3 is 2.52 bits per heavy atom. The van der Waals surface area contributed by atoms with Gasteiger partial charge in [-0.25, -0.2) is 0 Å². The number of H-pyrrole nitrogens is 1. The molecule has 2 N–H and O–H groups in total. The van der Waals surface area contributed by atoms with Gasteiger partial charge >= 0.3 is 0 Å². The summed E-state index contributed by atoms with van der Waals surface area (Å²) in [5, 5.41) is 4.64. The van der Waals surface area contributed by atoms with Crippen molar-refractivity contribution in [2.45, 2.75) is 38.6 Å². The monoisotopic (exact) mass is 418 g/mol. The number of carbonyl (C=O) groups excluding carboxylic acids is 1. The van der Waals surface area contributed by atoms with Gasteiger partial charge in [0.05, 0.1) is 16.8 Å². The number of nitrogens with zero attached hydrogens (tertiary/aromatic N) is 2. The molecule has 1 aliphatic carbocycles. The average Bonchev–Trinajstić information content (AvgIpc) is 2.75. The van der Waals surface area contributed by atoms with E-state index in [9.17, 15) is 9.59 Å². The summed E-state index contributed by atoms with van der Waals surface area (Å²) in [5.74, 6) is 0.744. The van der Waals surface area contributed by atoms with Gasteiger partial charge in [0.1, 0.15) is 0 Å². The SMILES string of the molecule is CC(=O)c1cnc2ccc(-c3ccc(=O)[nH]c3)cc2c1NC1CCC(CN(C)C)CC1. The smallest absolute Gasteiger partial charge is 0.247 e. The molecule has 4 rings (SSSR count). The summed E-state index contributed by atoms with van der Waals surface area (Å²) >= 11 is 0. The zero-order chi connectivity index (χ0) is 22.0. The van der Waals surface area contributed by atoms with Gasteiger partial charge in [0, 0.05) is 36.4 Å². The van der Waals surface area contributed by atoms with Crippen LogP contribution in [-0.2, 0) is 0 Å². The van der Waals surface area contributed by atoms with Crippen molar-refractivity contribution >= 4 is 22.4 Å². The van der Waals surface area contributed by atoms with Gasteiger partial charge in [0.15, 0.2) is 5.78 Å². The van der Waals surface area contributed by atoms with E-state index in [1.165, 1.54) is 18.9 Å². The first-order chi connectivity index (χ1) is 14.9. The van der Waals surface area contributed by atoms with Crippen LogP contribution in [0.5, 0.6) is 0 Å². The summed E-state index contributed by atoms with van der Waals surface area (Å²) in [5.41, 5.74) is 4.12. The van der Waals surface area contributed by atoms with E-state index in [0.717, 1.165) is 53.0 Å². The van der Waals surface area contributed by atoms with Crippen molar-refractivity contribution in [3.63, 3.8) is 0 Å². The maximum atomic E-state index is 12.4. The first kappa shape index (κ1) is 21.2. The normalized spacial score (nSPS) is 19.0. The number of Topliss-reactive ketones (excluding diaryl/α,β-unsaturated/α-hetero) is 1. The number of rotatable bonds is 6. The van der Waals surface area contributed by atoms with Crippen LogP contribution in [0.4, 0.5) is 5.69 Å². The Balaban J connectivity index is 1.67. The number of fused-ring (bicyclic) bond motifs is 1. The molecule has 0 atom stereocenters. The fourth-order valence-electron chi connectivity index (χ4n) is 4.59. The molecular weight excluding hydrogens is 388 g/mol. The number of anilines is 1. The highest BCUT2D eigenvalue weighted by molar-refractivity contribution is 6.07. The molecule has 162 valence electrons. The lowest BCUT2D eigenvalue weighted by atomic mass is 9.85. The molecule has 1 aromatic carbocycles. The fourth-order valence-corrected chi connectivity index (χ4v) is 4.59. The van der Waals surface area contributed by atoms with E-state index < -0.39 is 0 Å². The number of ketones is 1. The van der Waals surface area contributed by atoms with E-state index >= 15 is 0 Å². The zero-order valence-corrected chi connectivity index (χ0v) is 18.4. The third-order valence-corrected chi connectivity index (χ3v) is 6.18. The molecule has 0 radical (unpaired) electrons. The summed E-state index contributed by atoms with van der Waals surface area (Å²) in [6.07, 6.45) is 7.97. The summed E-state index contributed by atoms with van der Waals surface area (Å²) in [6.45, 7) is 2.72. The third kappa shape index (κ3) is 4.85. The number of aromatic amines is 1. The van der Waals surface area contributed by atoms with Crippen LogP contribution in [0.3, 0.4) is 0 Å².